The molecule has 0 aliphatic heterocycles. The molecule has 0 unspecified atom stereocenters. The highest BCUT2D eigenvalue weighted by Gasteiger charge is 2.02. The van der Waals surface area contributed by atoms with Crippen LogP contribution < -0.4 is 0 Å². The van der Waals surface area contributed by atoms with Gasteiger partial charge in [-0.2, -0.15) is 0 Å². The third-order valence-corrected chi connectivity index (χ3v) is 4.00. The molecule has 0 rings (SSSR count). The Morgan fingerprint density at radius 2 is 1.52 bits per heavy atom. The zero-order valence-electron chi connectivity index (χ0n) is 15.3. The van der Waals surface area contributed by atoms with Gasteiger partial charge in [-0.1, -0.05) is 63.7 Å². The first-order valence-corrected chi connectivity index (χ1v) is 9.34. The van der Waals surface area contributed by atoms with Crippen molar-refractivity contribution in [3.8, 4) is 0 Å². The second-order valence-corrected chi connectivity index (χ2v) is 6.75. The van der Waals surface area contributed by atoms with E-state index in [1.165, 1.54) is 25.7 Å². The molecule has 0 heterocycles. The zero-order chi connectivity index (χ0) is 17.3. The first kappa shape index (κ1) is 21.8. The minimum Gasteiger partial charge on any atom is -0.595 e. The topological polar surface area (TPSA) is 55.5 Å². The van der Waals surface area contributed by atoms with Gasteiger partial charge in [0, 0.05) is 12.8 Å². The number of nitrogens with zero attached hydrogens (tertiary/aromatic N) is 2. The molecule has 0 saturated heterocycles. The largest absolute Gasteiger partial charge is 0.595 e. The van der Waals surface area contributed by atoms with E-state index >= 15 is 0 Å². The third kappa shape index (κ3) is 17.0. The number of Topliss-reactive ketones (excluding diaryl/α,β-unsaturated/α-hetero) is 1. The molecule has 0 saturated carbocycles. The minimum atomic E-state index is 0.428. The molecule has 23 heavy (non-hydrogen) atoms. The second kappa shape index (κ2) is 15.7. The van der Waals surface area contributed by atoms with Crippen molar-refractivity contribution in [3.05, 3.63) is 18.0 Å². The molecule has 0 aromatic carbocycles. The molecule has 0 aromatic heterocycles. The monoisotopic (exact) mass is 324 g/mol. The Balaban J connectivity index is 3.29. The fourth-order valence-corrected chi connectivity index (χ4v) is 2.54. The van der Waals surface area contributed by atoms with Crippen LogP contribution in [0.4, 0.5) is 0 Å². The van der Waals surface area contributed by atoms with Gasteiger partial charge in [0.2, 0.25) is 6.20 Å². The number of rotatable bonds is 16. The molecular formula is C19H36N2O2. The van der Waals surface area contributed by atoms with Crippen LogP contribution in [0.1, 0.15) is 90.9 Å². The highest BCUT2D eigenvalue weighted by atomic mass is 16.5. The lowest BCUT2D eigenvalue weighted by atomic mass is 10.0. The van der Waals surface area contributed by atoms with E-state index in [1.807, 2.05) is 0 Å². The molecule has 0 amide bonds. The Bertz CT molecular complexity index is 338. The maximum atomic E-state index is 11.8. The van der Waals surface area contributed by atoms with Crippen LogP contribution in [-0.4, -0.2) is 17.2 Å². The predicted octanol–water partition coefficient (Wildman–Crippen LogP) is 6.00. The maximum absolute atomic E-state index is 11.8. The van der Waals surface area contributed by atoms with Gasteiger partial charge in [-0.25, -0.2) is 0 Å². The number of hydrogen-bond acceptors (Lipinski definition) is 3. The van der Waals surface area contributed by atoms with Crippen LogP contribution in [0.15, 0.2) is 17.9 Å². The van der Waals surface area contributed by atoms with E-state index in [9.17, 15) is 10.0 Å². The maximum Gasteiger partial charge on any atom is 0.202 e. The van der Waals surface area contributed by atoms with Crippen molar-refractivity contribution in [2.24, 2.45) is 11.0 Å². The van der Waals surface area contributed by atoms with E-state index in [1.54, 1.807) is 0 Å². The van der Waals surface area contributed by atoms with Gasteiger partial charge in [0.15, 0.2) is 0 Å². The minimum absolute atomic E-state index is 0.428. The second-order valence-electron chi connectivity index (χ2n) is 6.75. The number of carbonyl (C=O) groups is 1. The Labute approximate surface area is 142 Å². The first-order valence-electron chi connectivity index (χ1n) is 9.34. The number of ketones is 1. The van der Waals surface area contributed by atoms with Crippen LogP contribution in [0.5, 0.6) is 0 Å². The summed E-state index contributed by atoms with van der Waals surface area (Å²) in [5.41, 5.74) is 0. The SMILES string of the molecule is C=C[N+]([O-])=NCCCCCCCC(=O)CCCCCCC(C)C. The summed E-state index contributed by atoms with van der Waals surface area (Å²) in [6.07, 6.45) is 14.0. The Morgan fingerprint density at radius 3 is 2.09 bits per heavy atom. The van der Waals surface area contributed by atoms with Gasteiger partial charge < -0.3 is 5.21 Å². The van der Waals surface area contributed by atoms with Crippen LogP contribution >= 0.6 is 0 Å². The highest BCUT2D eigenvalue weighted by molar-refractivity contribution is 5.78. The molecular weight excluding hydrogens is 288 g/mol. The number of azo groups is 1. The van der Waals surface area contributed by atoms with Gasteiger partial charge in [-0.3, -0.25) is 4.79 Å². The highest BCUT2D eigenvalue weighted by Crippen LogP contribution is 2.12. The summed E-state index contributed by atoms with van der Waals surface area (Å²) < 4.78 is 0. The molecule has 0 aromatic rings. The summed E-state index contributed by atoms with van der Waals surface area (Å²) in [6, 6.07) is 0. The summed E-state index contributed by atoms with van der Waals surface area (Å²) >= 11 is 0. The molecule has 4 heteroatoms. The molecule has 0 aliphatic carbocycles. The number of unbranched alkanes of at least 4 members (excludes halogenated alkanes) is 7. The van der Waals surface area contributed by atoms with Gasteiger partial charge in [-0.05, 0) is 36.9 Å². The Hall–Kier alpha value is -1.19. The van der Waals surface area contributed by atoms with Crippen molar-refractivity contribution in [1.29, 1.82) is 0 Å². The third-order valence-electron chi connectivity index (χ3n) is 4.00. The summed E-state index contributed by atoms with van der Waals surface area (Å²) in [5, 5.41) is 14.5. The van der Waals surface area contributed by atoms with E-state index in [0.29, 0.717) is 17.2 Å². The molecule has 0 bridgehead atoms. The Morgan fingerprint density at radius 1 is 1.00 bits per heavy atom. The van der Waals surface area contributed by atoms with Crippen LogP contribution in [-0.2, 0) is 4.79 Å². The fourth-order valence-electron chi connectivity index (χ4n) is 2.54. The standard InChI is InChI=1S/C19H36N2O2/c1-4-21(23)20-17-13-9-5-6-11-15-19(22)16-12-8-7-10-14-18(2)3/h4,18H,1,5-17H2,2-3H3. The Kier molecular flexibility index (Phi) is 14.9. The van der Waals surface area contributed by atoms with Crippen LogP contribution in [0.2, 0.25) is 0 Å². The molecule has 0 radical (unpaired) electrons. The van der Waals surface area contributed by atoms with Crippen molar-refractivity contribution in [3.63, 3.8) is 0 Å². The van der Waals surface area contributed by atoms with Gasteiger partial charge in [0.1, 0.15) is 12.3 Å². The number of hydrogen-bond donors (Lipinski definition) is 0. The van der Waals surface area contributed by atoms with Gasteiger partial charge in [0.25, 0.3) is 0 Å². The smallest absolute Gasteiger partial charge is 0.202 e. The summed E-state index contributed by atoms with van der Waals surface area (Å²) in [7, 11) is 0. The molecule has 0 N–H and O–H groups in total. The molecule has 4 nitrogen and oxygen atoms in total. The van der Waals surface area contributed by atoms with Gasteiger partial charge in [0.05, 0.1) is 0 Å². The molecule has 134 valence electrons. The predicted molar refractivity (Wildman–Crippen MR) is 96.4 cm³/mol. The van der Waals surface area contributed by atoms with Crippen molar-refractivity contribution < 1.29 is 9.66 Å². The summed E-state index contributed by atoms with van der Waals surface area (Å²) in [5.74, 6) is 1.23. The van der Waals surface area contributed by atoms with Crippen molar-refractivity contribution in [1.82, 2.24) is 0 Å². The molecule has 0 spiro atoms. The lowest BCUT2D eigenvalue weighted by Gasteiger charge is -2.04. The van der Waals surface area contributed by atoms with E-state index in [2.05, 4.69) is 25.5 Å². The van der Waals surface area contributed by atoms with E-state index in [-0.39, 0.29) is 0 Å². The number of carbonyl (C=O) groups excluding carboxylic acids is 1. The van der Waals surface area contributed by atoms with Crippen molar-refractivity contribution >= 4 is 5.78 Å². The molecule has 0 fully saturated rings. The quantitative estimate of drug-likeness (QED) is 0.151. The van der Waals surface area contributed by atoms with E-state index < -0.39 is 0 Å². The van der Waals surface area contributed by atoms with Gasteiger partial charge >= 0.3 is 0 Å². The van der Waals surface area contributed by atoms with Gasteiger partial charge in [-0.15, -0.1) is 0 Å². The summed E-state index contributed by atoms with van der Waals surface area (Å²) in [4.78, 5) is 12.3. The van der Waals surface area contributed by atoms with Crippen LogP contribution in [0.25, 0.3) is 0 Å². The lowest BCUT2D eigenvalue weighted by molar-refractivity contribution is -0.458. The van der Waals surface area contributed by atoms with Crippen molar-refractivity contribution in [2.75, 3.05) is 6.54 Å². The average molecular weight is 325 g/mol. The van der Waals surface area contributed by atoms with E-state index in [0.717, 1.165) is 63.5 Å². The lowest BCUT2D eigenvalue weighted by Crippen LogP contribution is -1.98. The van der Waals surface area contributed by atoms with E-state index in [4.69, 9.17) is 0 Å². The number of hydroxylamine groups is 1. The van der Waals surface area contributed by atoms with Crippen LogP contribution in [0.3, 0.4) is 0 Å². The molecule has 0 atom stereocenters. The molecule has 0 aliphatic rings. The average Bonchev–Trinajstić information content (AvgIpc) is 2.52. The fraction of sp³-hybridized carbons (Fsp3) is 0.842. The normalized spacial score (nSPS) is 11.9. The van der Waals surface area contributed by atoms with Crippen molar-refractivity contribution in [2.45, 2.75) is 90.9 Å². The summed E-state index contributed by atoms with van der Waals surface area (Å²) in [6.45, 7) is 8.43. The van der Waals surface area contributed by atoms with Crippen LogP contribution in [0, 0.1) is 11.1 Å². The zero-order valence-corrected chi connectivity index (χ0v) is 15.3. The first-order chi connectivity index (χ1) is 11.1.